The number of fused-ring (bicyclic) bond motifs is 1. The Balaban J connectivity index is 2.14. The van der Waals surface area contributed by atoms with Crippen molar-refractivity contribution >= 4 is 20.9 Å². The first kappa shape index (κ1) is 13.5. The first-order chi connectivity index (χ1) is 9.48. The van der Waals surface area contributed by atoms with Crippen molar-refractivity contribution in [1.82, 2.24) is 9.29 Å². The van der Waals surface area contributed by atoms with Crippen LogP contribution < -0.4 is 0 Å². The monoisotopic (exact) mass is 292 g/mol. The molecule has 0 bridgehead atoms. The van der Waals surface area contributed by atoms with Crippen LogP contribution >= 0.6 is 0 Å². The van der Waals surface area contributed by atoms with E-state index in [1.54, 1.807) is 18.3 Å². The van der Waals surface area contributed by atoms with E-state index < -0.39 is 16.1 Å². The summed E-state index contributed by atoms with van der Waals surface area (Å²) in [4.78, 5) is 4.48. The summed E-state index contributed by atoms with van der Waals surface area (Å²) >= 11 is 0. The summed E-state index contributed by atoms with van der Waals surface area (Å²) in [5.74, 6) is 0. The number of aliphatic hydroxyl groups excluding tert-OH is 1. The van der Waals surface area contributed by atoms with E-state index in [0.717, 1.165) is 10.9 Å². The summed E-state index contributed by atoms with van der Waals surface area (Å²) in [6, 6.07) is 7.07. The van der Waals surface area contributed by atoms with Crippen LogP contribution in [0.5, 0.6) is 0 Å². The fourth-order valence-corrected chi connectivity index (χ4v) is 4.18. The molecule has 5 nitrogen and oxygen atoms in total. The van der Waals surface area contributed by atoms with Gasteiger partial charge in [0.15, 0.2) is 0 Å². The number of nitrogens with zero attached hydrogens (tertiary/aromatic N) is 2. The van der Waals surface area contributed by atoms with Crippen LogP contribution in [0.1, 0.15) is 12.0 Å². The lowest BCUT2D eigenvalue weighted by molar-refractivity contribution is 0.189. The first-order valence-corrected chi connectivity index (χ1v) is 7.96. The van der Waals surface area contributed by atoms with E-state index in [2.05, 4.69) is 4.98 Å². The minimum atomic E-state index is -3.60. The van der Waals surface area contributed by atoms with Gasteiger partial charge in [0.1, 0.15) is 4.90 Å². The largest absolute Gasteiger partial charge is 0.392 e. The summed E-state index contributed by atoms with van der Waals surface area (Å²) in [6.07, 6.45) is 1.58. The molecule has 2 aromatic rings. The SMILES string of the molecule is Cc1cnc2c(S(=O)(=O)N3CC[C@@H](O)C3)cccc2c1. The molecule has 1 aliphatic rings. The van der Waals surface area contributed by atoms with Gasteiger partial charge in [-0.25, -0.2) is 8.42 Å². The smallest absolute Gasteiger partial charge is 0.245 e. The molecule has 6 heteroatoms. The van der Waals surface area contributed by atoms with E-state index in [0.29, 0.717) is 18.5 Å². The van der Waals surface area contributed by atoms with Crippen molar-refractivity contribution in [2.24, 2.45) is 0 Å². The van der Waals surface area contributed by atoms with Crippen LogP contribution in [0.2, 0.25) is 0 Å². The third-order valence-electron chi connectivity index (χ3n) is 3.55. The summed E-state index contributed by atoms with van der Waals surface area (Å²) in [7, 11) is -3.60. The summed E-state index contributed by atoms with van der Waals surface area (Å²) in [5, 5.41) is 10.3. The molecule has 0 amide bonds. The topological polar surface area (TPSA) is 70.5 Å². The zero-order valence-electron chi connectivity index (χ0n) is 11.2. The van der Waals surface area contributed by atoms with Crippen LogP contribution in [0.25, 0.3) is 10.9 Å². The Labute approximate surface area is 117 Å². The van der Waals surface area contributed by atoms with Crippen LogP contribution in [0, 0.1) is 6.92 Å². The quantitative estimate of drug-likeness (QED) is 0.905. The zero-order chi connectivity index (χ0) is 14.3. The van der Waals surface area contributed by atoms with Crippen molar-refractivity contribution < 1.29 is 13.5 Å². The number of sulfonamides is 1. The molecular formula is C14H16N2O3S. The highest BCUT2D eigenvalue weighted by Crippen LogP contribution is 2.27. The first-order valence-electron chi connectivity index (χ1n) is 6.52. The van der Waals surface area contributed by atoms with Crippen LogP contribution in [0.3, 0.4) is 0 Å². The fourth-order valence-electron chi connectivity index (χ4n) is 2.52. The number of para-hydroxylation sites is 1. The van der Waals surface area contributed by atoms with E-state index in [1.807, 2.05) is 19.1 Å². The molecule has 1 saturated heterocycles. The Morgan fingerprint density at radius 2 is 2.20 bits per heavy atom. The molecule has 106 valence electrons. The van der Waals surface area contributed by atoms with E-state index in [9.17, 15) is 13.5 Å². The molecule has 1 aliphatic heterocycles. The minimum Gasteiger partial charge on any atom is -0.392 e. The van der Waals surface area contributed by atoms with Crippen molar-refractivity contribution in [2.45, 2.75) is 24.3 Å². The Morgan fingerprint density at radius 3 is 2.90 bits per heavy atom. The molecule has 1 aromatic heterocycles. The Morgan fingerprint density at radius 1 is 1.40 bits per heavy atom. The van der Waals surface area contributed by atoms with Crippen molar-refractivity contribution in [3.8, 4) is 0 Å². The molecule has 0 unspecified atom stereocenters. The number of pyridine rings is 1. The second-order valence-electron chi connectivity index (χ2n) is 5.15. The highest BCUT2D eigenvalue weighted by Gasteiger charge is 2.32. The Bertz CT molecular complexity index is 758. The van der Waals surface area contributed by atoms with Gasteiger partial charge in [-0.15, -0.1) is 0 Å². The number of rotatable bonds is 2. The van der Waals surface area contributed by atoms with Crippen LogP contribution in [-0.2, 0) is 10.0 Å². The number of aromatic nitrogens is 1. The van der Waals surface area contributed by atoms with Crippen molar-refractivity contribution in [3.05, 3.63) is 36.0 Å². The summed E-state index contributed by atoms with van der Waals surface area (Å²) < 4.78 is 26.6. The number of aliphatic hydroxyl groups is 1. The lowest BCUT2D eigenvalue weighted by Crippen LogP contribution is -2.30. The number of β-amino-alcohol motifs (C(OH)–C–C–N with tert-alkyl or cyclic N) is 1. The summed E-state index contributed by atoms with van der Waals surface area (Å²) in [5.41, 5.74) is 1.48. The lowest BCUT2D eigenvalue weighted by Gasteiger charge is -2.16. The maximum atomic E-state index is 12.7. The van der Waals surface area contributed by atoms with E-state index in [4.69, 9.17) is 0 Å². The highest BCUT2D eigenvalue weighted by atomic mass is 32.2. The van der Waals surface area contributed by atoms with Crippen LogP contribution in [0.4, 0.5) is 0 Å². The molecule has 1 atom stereocenters. The maximum Gasteiger partial charge on any atom is 0.245 e. The lowest BCUT2D eigenvalue weighted by atomic mass is 10.2. The third kappa shape index (κ3) is 2.19. The number of hydrogen-bond donors (Lipinski definition) is 1. The maximum absolute atomic E-state index is 12.7. The standard InChI is InChI=1S/C14H16N2O3S/c1-10-7-11-3-2-4-13(14(11)15-8-10)20(18,19)16-6-5-12(17)9-16/h2-4,7-8,12,17H,5-6,9H2,1H3/t12-/m1/s1. The molecule has 0 aliphatic carbocycles. The molecular weight excluding hydrogens is 276 g/mol. The fraction of sp³-hybridized carbons (Fsp3) is 0.357. The Hall–Kier alpha value is -1.50. The third-order valence-corrected chi connectivity index (χ3v) is 5.45. The summed E-state index contributed by atoms with van der Waals surface area (Å²) in [6.45, 7) is 2.43. The van der Waals surface area contributed by atoms with Gasteiger partial charge < -0.3 is 5.11 Å². The van der Waals surface area contributed by atoms with E-state index >= 15 is 0 Å². The van der Waals surface area contributed by atoms with Gasteiger partial charge in [0, 0.05) is 24.7 Å². The molecule has 0 saturated carbocycles. The molecule has 1 N–H and O–H groups in total. The number of aryl methyl sites for hydroxylation is 1. The molecule has 1 aromatic carbocycles. The van der Waals surface area contributed by atoms with E-state index in [-0.39, 0.29) is 11.4 Å². The van der Waals surface area contributed by atoms with Gasteiger partial charge in [-0.1, -0.05) is 12.1 Å². The van der Waals surface area contributed by atoms with Gasteiger partial charge in [0.2, 0.25) is 10.0 Å². The van der Waals surface area contributed by atoms with Gasteiger partial charge in [-0.3, -0.25) is 4.98 Å². The van der Waals surface area contributed by atoms with Crippen molar-refractivity contribution in [2.75, 3.05) is 13.1 Å². The molecule has 2 heterocycles. The Kier molecular flexibility index (Phi) is 3.24. The second kappa shape index (κ2) is 4.80. The van der Waals surface area contributed by atoms with Crippen molar-refractivity contribution in [3.63, 3.8) is 0 Å². The second-order valence-corrected chi connectivity index (χ2v) is 7.05. The predicted octanol–water partition coefficient (Wildman–Crippen LogP) is 1.30. The normalized spacial score (nSPS) is 20.6. The van der Waals surface area contributed by atoms with Gasteiger partial charge in [0.05, 0.1) is 11.6 Å². The van der Waals surface area contributed by atoms with Crippen LogP contribution in [-0.4, -0.2) is 42.0 Å². The average Bonchev–Trinajstić information content (AvgIpc) is 2.85. The molecule has 0 radical (unpaired) electrons. The predicted molar refractivity (Wildman–Crippen MR) is 75.9 cm³/mol. The molecule has 3 rings (SSSR count). The molecule has 0 spiro atoms. The zero-order valence-corrected chi connectivity index (χ0v) is 12.0. The molecule has 1 fully saturated rings. The van der Waals surface area contributed by atoms with Gasteiger partial charge >= 0.3 is 0 Å². The number of hydrogen-bond acceptors (Lipinski definition) is 4. The minimum absolute atomic E-state index is 0.157. The van der Waals surface area contributed by atoms with Crippen molar-refractivity contribution in [1.29, 1.82) is 0 Å². The van der Waals surface area contributed by atoms with Gasteiger partial charge in [-0.2, -0.15) is 4.31 Å². The van der Waals surface area contributed by atoms with E-state index in [1.165, 1.54) is 4.31 Å². The van der Waals surface area contributed by atoms with Gasteiger partial charge in [0.25, 0.3) is 0 Å². The highest BCUT2D eigenvalue weighted by molar-refractivity contribution is 7.89. The average molecular weight is 292 g/mol. The van der Waals surface area contributed by atoms with Crippen LogP contribution in [0.15, 0.2) is 35.4 Å². The number of benzene rings is 1. The molecule has 20 heavy (non-hydrogen) atoms. The van der Waals surface area contributed by atoms with Gasteiger partial charge in [-0.05, 0) is 31.0 Å².